The molecule has 112 valence electrons. The summed E-state index contributed by atoms with van der Waals surface area (Å²) in [5.41, 5.74) is 3.20. The van der Waals surface area contributed by atoms with E-state index in [1.807, 2.05) is 42.6 Å². The lowest BCUT2D eigenvalue weighted by molar-refractivity contribution is 0.102. The second kappa shape index (κ2) is 5.88. The fourth-order valence-electron chi connectivity index (χ4n) is 2.36. The zero-order valence-corrected chi connectivity index (χ0v) is 13.9. The van der Waals surface area contributed by atoms with Crippen LogP contribution < -0.4 is 5.32 Å². The van der Waals surface area contributed by atoms with Crippen molar-refractivity contribution >= 4 is 33.3 Å². The Hall–Kier alpha value is -2.21. The highest BCUT2D eigenvalue weighted by atomic mass is 79.9. The van der Waals surface area contributed by atoms with Crippen molar-refractivity contribution in [3.8, 4) is 0 Å². The van der Waals surface area contributed by atoms with Crippen LogP contribution >= 0.6 is 15.9 Å². The highest BCUT2D eigenvalue weighted by molar-refractivity contribution is 9.10. The standard InChI is InChI=1S/C16H15BrN4O/c1-3-12-14(21-8-4-5-10(2)15(21)19-12)16(22)20-13-7-6-11(17)9-18-13/h4-9H,3H2,1-2H3,(H,18,20,22). The number of carbonyl (C=O) groups excluding carboxylic acids is 1. The molecule has 1 amide bonds. The molecule has 3 aromatic heterocycles. The zero-order chi connectivity index (χ0) is 15.7. The van der Waals surface area contributed by atoms with E-state index < -0.39 is 0 Å². The van der Waals surface area contributed by atoms with Crippen LogP contribution in [0.3, 0.4) is 0 Å². The third kappa shape index (κ3) is 2.62. The lowest BCUT2D eigenvalue weighted by atomic mass is 10.2. The van der Waals surface area contributed by atoms with Gasteiger partial charge in [-0.3, -0.25) is 9.20 Å². The Morgan fingerprint density at radius 1 is 1.36 bits per heavy atom. The topological polar surface area (TPSA) is 59.3 Å². The minimum atomic E-state index is -0.204. The van der Waals surface area contributed by atoms with Gasteiger partial charge in [0.15, 0.2) is 0 Å². The van der Waals surface area contributed by atoms with E-state index in [1.54, 1.807) is 12.3 Å². The Labute approximate surface area is 136 Å². The van der Waals surface area contributed by atoms with Crippen LogP contribution in [0.15, 0.2) is 41.1 Å². The quantitative estimate of drug-likeness (QED) is 0.777. The van der Waals surface area contributed by atoms with E-state index >= 15 is 0 Å². The average Bonchev–Trinajstić information content (AvgIpc) is 2.89. The number of amides is 1. The highest BCUT2D eigenvalue weighted by Gasteiger charge is 2.19. The average molecular weight is 359 g/mol. The molecule has 3 rings (SSSR count). The largest absolute Gasteiger partial charge is 0.305 e. The molecule has 22 heavy (non-hydrogen) atoms. The number of anilines is 1. The van der Waals surface area contributed by atoms with Crippen molar-refractivity contribution < 1.29 is 4.79 Å². The second-order valence-electron chi connectivity index (χ2n) is 4.96. The molecule has 3 heterocycles. The molecule has 1 N–H and O–H groups in total. The maximum absolute atomic E-state index is 12.6. The summed E-state index contributed by atoms with van der Waals surface area (Å²) >= 11 is 3.32. The number of halogens is 1. The molecular formula is C16H15BrN4O. The van der Waals surface area contributed by atoms with Gasteiger partial charge in [-0.25, -0.2) is 9.97 Å². The molecule has 0 radical (unpaired) electrons. The number of hydrogen-bond acceptors (Lipinski definition) is 3. The van der Waals surface area contributed by atoms with Crippen LogP contribution in [0.2, 0.25) is 0 Å². The lowest BCUT2D eigenvalue weighted by Gasteiger charge is -2.06. The molecule has 0 fully saturated rings. The molecule has 6 heteroatoms. The molecule has 0 unspecified atom stereocenters. The smallest absolute Gasteiger partial charge is 0.275 e. The molecule has 0 aromatic carbocycles. The van der Waals surface area contributed by atoms with Crippen molar-refractivity contribution in [2.24, 2.45) is 0 Å². The Bertz CT molecular complexity index is 839. The van der Waals surface area contributed by atoms with Gasteiger partial charge in [0.25, 0.3) is 5.91 Å². The maximum atomic E-state index is 12.6. The van der Waals surface area contributed by atoms with Gasteiger partial charge in [-0.15, -0.1) is 0 Å². The van der Waals surface area contributed by atoms with Gasteiger partial charge in [-0.2, -0.15) is 0 Å². The third-order valence-corrected chi connectivity index (χ3v) is 3.91. The molecule has 3 aromatic rings. The minimum Gasteiger partial charge on any atom is -0.305 e. The van der Waals surface area contributed by atoms with Crippen LogP contribution in [0.1, 0.15) is 28.7 Å². The van der Waals surface area contributed by atoms with Crippen molar-refractivity contribution in [1.82, 2.24) is 14.4 Å². The first kappa shape index (κ1) is 14.7. The van der Waals surface area contributed by atoms with Crippen LogP contribution in [-0.4, -0.2) is 20.3 Å². The molecule has 5 nitrogen and oxygen atoms in total. The number of pyridine rings is 2. The number of aryl methyl sites for hydroxylation is 2. The van der Waals surface area contributed by atoms with Gasteiger partial charge < -0.3 is 5.32 Å². The number of carbonyl (C=O) groups is 1. The number of hydrogen-bond donors (Lipinski definition) is 1. The minimum absolute atomic E-state index is 0.204. The normalized spacial score (nSPS) is 10.9. The van der Waals surface area contributed by atoms with E-state index in [0.717, 1.165) is 21.4 Å². The molecule has 0 saturated carbocycles. The highest BCUT2D eigenvalue weighted by Crippen LogP contribution is 2.18. The summed E-state index contributed by atoms with van der Waals surface area (Å²) in [7, 11) is 0. The summed E-state index contributed by atoms with van der Waals surface area (Å²) in [6.45, 7) is 3.98. The van der Waals surface area contributed by atoms with E-state index in [9.17, 15) is 4.79 Å². The van der Waals surface area contributed by atoms with E-state index in [-0.39, 0.29) is 5.91 Å². The van der Waals surface area contributed by atoms with E-state index in [0.29, 0.717) is 17.9 Å². The van der Waals surface area contributed by atoms with E-state index in [2.05, 4.69) is 31.2 Å². The van der Waals surface area contributed by atoms with Crippen molar-refractivity contribution in [3.63, 3.8) is 0 Å². The Balaban J connectivity index is 2.03. The summed E-state index contributed by atoms with van der Waals surface area (Å²) in [4.78, 5) is 21.4. The van der Waals surface area contributed by atoms with Crippen molar-refractivity contribution in [2.45, 2.75) is 20.3 Å². The van der Waals surface area contributed by atoms with Crippen LogP contribution in [0.25, 0.3) is 5.65 Å². The zero-order valence-electron chi connectivity index (χ0n) is 12.3. The van der Waals surface area contributed by atoms with Crippen LogP contribution in [0.4, 0.5) is 5.82 Å². The summed E-state index contributed by atoms with van der Waals surface area (Å²) in [5.74, 6) is 0.308. The summed E-state index contributed by atoms with van der Waals surface area (Å²) < 4.78 is 2.70. The summed E-state index contributed by atoms with van der Waals surface area (Å²) in [5, 5.41) is 2.83. The number of imidazole rings is 1. The van der Waals surface area contributed by atoms with Crippen molar-refractivity contribution in [2.75, 3.05) is 5.32 Å². The number of nitrogens with one attached hydrogen (secondary N) is 1. The molecule has 0 aliphatic carbocycles. The van der Waals surface area contributed by atoms with Crippen LogP contribution in [0, 0.1) is 6.92 Å². The first-order valence-electron chi connectivity index (χ1n) is 6.99. The lowest BCUT2D eigenvalue weighted by Crippen LogP contribution is -2.17. The number of nitrogens with zero attached hydrogens (tertiary/aromatic N) is 3. The fraction of sp³-hybridized carbons (Fsp3) is 0.188. The van der Waals surface area contributed by atoms with Gasteiger partial charge in [-0.1, -0.05) is 13.0 Å². The Morgan fingerprint density at radius 2 is 2.18 bits per heavy atom. The van der Waals surface area contributed by atoms with Gasteiger partial charge >= 0.3 is 0 Å². The number of fused-ring (bicyclic) bond motifs is 1. The van der Waals surface area contributed by atoms with Crippen LogP contribution in [-0.2, 0) is 6.42 Å². The second-order valence-corrected chi connectivity index (χ2v) is 5.88. The van der Waals surface area contributed by atoms with Gasteiger partial charge in [0.05, 0.1) is 5.69 Å². The molecule has 0 atom stereocenters. The van der Waals surface area contributed by atoms with E-state index in [1.165, 1.54) is 0 Å². The van der Waals surface area contributed by atoms with Crippen LogP contribution in [0.5, 0.6) is 0 Å². The SMILES string of the molecule is CCc1nc2c(C)cccn2c1C(=O)Nc1ccc(Br)cn1. The third-order valence-electron chi connectivity index (χ3n) is 3.44. The Kier molecular flexibility index (Phi) is 3.94. The van der Waals surface area contributed by atoms with Crippen molar-refractivity contribution in [3.05, 3.63) is 58.1 Å². The van der Waals surface area contributed by atoms with Gasteiger partial charge in [0.1, 0.15) is 17.2 Å². The fourth-order valence-corrected chi connectivity index (χ4v) is 2.60. The first-order valence-corrected chi connectivity index (χ1v) is 7.79. The maximum Gasteiger partial charge on any atom is 0.275 e. The van der Waals surface area contributed by atoms with Crippen molar-refractivity contribution in [1.29, 1.82) is 0 Å². The van der Waals surface area contributed by atoms with Gasteiger partial charge in [0, 0.05) is 16.9 Å². The predicted octanol–water partition coefficient (Wildman–Crippen LogP) is 3.61. The van der Waals surface area contributed by atoms with Gasteiger partial charge in [0.2, 0.25) is 0 Å². The predicted molar refractivity (Wildman–Crippen MR) is 89.2 cm³/mol. The summed E-state index contributed by atoms with van der Waals surface area (Å²) in [6, 6.07) is 7.49. The molecular weight excluding hydrogens is 344 g/mol. The molecule has 0 saturated heterocycles. The molecule has 0 spiro atoms. The summed E-state index contributed by atoms with van der Waals surface area (Å²) in [6.07, 6.45) is 4.20. The van der Waals surface area contributed by atoms with E-state index in [4.69, 9.17) is 0 Å². The molecule has 0 aliphatic heterocycles. The molecule has 0 aliphatic rings. The monoisotopic (exact) mass is 358 g/mol. The Morgan fingerprint density at radius 3 is 2.86 bits per heavy atom. The molecule has 0 bridgehead atoms. The van der Waals surface area contributed by atoms with Gasteiger partial charge in [-0.05, 0) is 53.0 Å². The number of rotatable bonds is 3. The number of aromatic nitrogens is 3. The first-order chi connectivity index (χ1) is 10.6.